The van der Waals surface area contributed by atoms with Crippen LogP contribution in [-0.2, 0) is 7.05 Å². The number of aromatic nitrogens is 2. The van der Waals surface area contributed by atoms with Crippen LogP contribution >= 0.6 is 0 Å². The summed E-state index contributed by atoms with van der Waals surface area (Å²) < 4.78 is 11.8. The van der Waals surface area contributed by atoms with Gasteiger partial charge in [0, 0.05) is 19.3 Å². The van der Waals surface area contributed by atoms with E-state index in [1.165, 1.54) is 11.8 Å². The first kappa shape index (κ1) is 12.9. The maximum absolute atomic E-state index is 12.1. The van der Waals surface area contributed by atoms with Crippen LogP contribution in [0, 0.1) is 0 Å². The van der Waals surface area contributed by atoms with Crippen molar-refractivity contribution in [3.05, 3.63) is 36.2 Å². The summed E-state index contributed by atoms with van der Waals surface area (Å²) in [5.74, 6) is 0.953. The molecule has 0 aliphatic rings. The van der Waals surface area contributed by atoms with Crippen molar-refractivity contribution in [2.24, 2.45) is 7.05 Å². The fraction of sp³-hybridized carbons (Fsp3) is 0.231. The Morgan fingerprint density at radius 1 is 1.26 bits per heavy atom. The number of rotatable bonds is 4. The number of nitrogens with one attached hydrogen (secondary N) is 1. The molecular weight excluding hydrogens is 246 g/mol. The zero-order valence-electron chi connectivity index (χ0n) is 11.0. The molecule has 0 bridgehead atoms. The van der Waals surface area contributed by atoms with Gasteiger partial charge in [-0.2, -0.15) is 5.10 Å². The third kappa shape index (κ3) is 2.67. The Hall–Kier alpha value is -2.50. The van der Waals surface area contributed by atoms with Crippen molar-refractivity contribution in [2.45, 2.75) is 0 Å². The standard InChI is InChI=1S/C13H15N3O3/c1-16-11(6-7-14-16)13(17)15-10-5-4-9(18-2)8-12(10)19-3/h4-8H,1-3H3,(H,15,17). The van der Waals surface area contributed by atoms with Gasteiger partial charge in [0.25, 0.3) is 5.91 Å². The fourth-order valence-electron chi connectivity index (χ4n) is 1.68. The third-order valence-corrected chi connectivity index (χ3v) is 2.71. The van der Waals surface area contributed by atoms with Crippen LogP contribution < -0.4 is 14.8 Å². The molecule has 0 aliphatic heterocycles. The number of amides is 1. The second-order valence-electron chi connectivity index (χ2n) is 3.86. The van der Waals surface area contributed by atoms with E-state index >= 15 is 0 Å². The van der Waals surface area contributed by atoms with Gasteiger partial charge in [-0.3, -0.25) is 9.48 Å². The summed E-state index contributed by atoms with van der Waals surface area (Å²) >= 11 is 0. The van der Waals surface area contributed by atoms with Gasteiger partial charge in [0.15, 0.2) is 0 Å². The number of carbonyl (C=O) groups is 1. The smallest absolute Gasteiger partial charge is 0.274 e. The van der Waals surface area contributed by atoms with Crippen LogP contribution in [0.3, 0.4) is 0 Å². The summed E-state index contributed by atoms with van der Waals surface area (Å²) in [7, 11) is 4.82. The minimum atomic E-state index is -0.247. The van der Waals surface area contributed by atoms with E-state index in [4.69, 9.17) is 9.47 Å². The molecule has 1 N–H and O–H groups in total. The molecule has 0 fully saturated rings. The van der Waals surface area contributed by atoms with E-state index in [0.717, 1.165) is 0 Å². The van der Waals surface area contributed by atoms with E-state index in [1.54, 1.807) is 44.6 Å². The number of anilines is 1. The molecule has 6 nitrogen and oxygen atoms in total. The molecule has 2 aromatic rings. The number of ether oxygens (including phenoxy) is 2. The van der Waals surface area contributed by atoms with Crippen molar-refractivity contribution < 1.29 is 14.3 Å². The lowest BCUT2D eigenvalue weighted by atomic mass is 10.2. The average Bonchev–Trinajstić information content (AvgIpc) is 2.85. The average molecular weight is 261 g/mol. The molecule has 0 saturated carbocycles. The molecule has 1 aromatic heterocycles. The summed E-state index contributed by atoms with van der Waals surface area (Å²) in [5.41, 5.74) is 1.05. The number of methoxy groups -OCH3 is 2. The Morgan fingerprint density at radius 2 is 2.05 bits per heavy atom. The normalized spacial score (nSPS) is 10.1. The van der Waals surface area contributed by atoms with Gasteiger partial charge >= 0.3 is 0 Å². The number of hydrogen-bond acceptors (Lipinski definition) is 4. The summed E-state index contributed by atoms with van der Waals surface area (Å²) in [5, 5.41) is 6.73. The SMILES string of the molecule is COc1ccc(NC(=O)c2ccnn2C)c(OC)c1. The number of aryl methyl sites for hydroxylation is 1. The summed E-state index contributed by atoms with van der Waals surface area (Å²) in [6, 6.07) is 6.83. The van der Waals surface area contributed by atoms with E-state index in [0.29, 0.717) is 22.9 Å². The Bertz CT molecular complexity index is 593. The number of carbonyl (C=O) groups excluding carboxylic acids is 1. The summed E-state index contributed by atoms with van der Waals surface area (Å²) in [6.45, 7) is 0. The Morgan fingerprint density at radius 3 is 2.63 bits per heavy atom. The molecule has 1 heterocycles. The van der Waals surface area contributed by atoms with Crippen LogP contribution in [0.4, 0.5) is 5.69 Å². The van der Waals surface area contributed by atoms with Crippen molar-refractivity contribution in [1.29, 1.82) is 0 Å². The van der Waals surface area contributed by atoms with Gasteiger partial charge in [0.05, 0.1) is 19.9 Å². The molecule has 0 unspecified atom stereocenters. The minimum absolute atomic E-state index is 0.247. The van der Waals surface area contributed by atoms with Crippen molar-refractivity contribution in [3.8, 4) is 11.5 Å². The fourth-order valence-corrected chi connectivity index (χ4v) is 1.68. The van der Waals surface area contributed by atoms with Crippen molar-refractivity contribution in [3.63, 3.8) is 0 Å². The predicted molar refractivity (Wildman–Crippen MR) is 70.7 cm³/mol. The van der Waals surface area contributed by atoms with E-state index < -0.39 is 0 Å². The van der Waals surface area contributed by atoms with Gasteiger partial charge in [-0.25, -0.2) is 0 Å². The first-order chi connectivity index (χ1) is 9.15. The molecule has 6 heteroatoms. The van der Waals surface area contributed by atoms with E-state index in [9.17, 15) is 4.79 Å². The number of benzene rings is 1. The summed E-state index contributed by atoms with van der Waals surface area (Å²) in [4.78, 5) is 12.1. The maximum Gasteiger partial charge on any atom is 0.274 e. The molecule has 100 valence electrons. The van der Waals surface area contributed by atoms with Crippen LogP contribution in [0.15, 0.2) is 30.5 Å². The molecule has 1 aromatic carbocycles. The lowest BCUT2D eigenvalue weighted by Gasteiger charge is -2.11. The van der Waals surface area contributed by atoms with Crippen LogP contribution in [-0.4, -0.2) is 29.9 Å². The van der Waals surface area contributed by atoms with Crippen LogP contribution in [0.5, 0.6) is 11.5 Å². The molecule has 19 heavy (non-hydrogen) atoms. The third-order valence-electron chi connectivity index (χ3n) is 2.71. The second-order valence-corrected chi connectivity index (χ2v) is 3.86. The Labute approximate surface area is 110 Å². The molecule has 0 saturated heterocycles. The molecule has 2 rings (SSSR count). The topological polar surface area (TPSA) is 65.4 Å². The zero-order chi connectivity index (χ0) is 13.8. The van der Waals surface area contributed by atoms with Crippen LogP contribution in [0.2, 0.25) is 0 Å². The highest BCUT2D eigenvalue weighted by Crippen LogP contribution is 2.29. The van der Waals surface area contributed by atoms with Crippen molar-refractivity contribution >= 4 is 11.6 Å². The van der Waals surface area contributed by atoms with Crippen LogP contribution in [0.25, 0.3) is 0 Å². The van der Waals surface area contributed by atoms with Gasteiger partial charge in [0.1, 0.15) is 17.2 Å². The zero-order valence-corrected chi connectivity index (χ0v) is 11.0. The monoisotopic (exact) mass is 261 g/mol. The Balaban J connectivity index is 2.24. The van der Waals surface area contributed by atoms with E-state index in [1.807, 2.05) is 0 Å². The highest BCUT2D eigenvalue weighted by Gasteiger charge is 2.13. The molecule has 0 aliphatic carbocycles. The van der Waals surface area contributed by atoms with Crippen molar-refractivity contribution in [2.75, 3.05) is 19.5 Å². The van der Waals surface area contributed by atoms with Gasteiger partial charge < -0.3 is 14.8 Å². The quantitative estimate of drug-likeness (QED) is 0.909. The van der Waals surface area contributed by atoms with Crippen LogP contribution in [0.1, 0.15) is 10.5 Å². The number of nitrogens with zero attached hydrogens (tertiary/aromatic N) is 2. The maximum atomic E-state index is 12.1. The second kappa shape index (κ2) is 5.43. The molecule has 1 amide bonds. The summed E-state index contributed by atoms with van der Waals surface area (Å²) in [6.07, 6.45) is 1.57. The first-order valence-electron chi connectivity index (χ1n) is 5.67. The van der Waals surface area contributed by atoms with Gasteiger partial charge in [0.2, 0.25) is 0 Å². The molecule has 0 spiro atoms. The van der Waals surface area contributed by atoms with E-state index in [2.05, 4.69) is 10.4 Å². The van der Waals surface area contributed by atoms with Gasteiger partial charge in [-0.05, 0) is 18.2 Å². The highest BCUT2D eigenvalue weighted by molar-refractivity contribution is 6.03. The largest absolute Gasteiger partial charge is 0.497 e. The molecule has 0 atom stereocenters. The van der Waals surface area contributed by atoms with Gasteiger partial charge in [-0.15, -0.1) is 0 Å². The lowest BCUT2D eigenvalue weighted by Crippen LogP contribution is -2.16. The van der Waals surface area contributed by atoms with E-state index in [-0.39, 0.29) is 5.91 Å². The van der Waals surface area contributed by atoms with Crippen molar-refractivity contribution in [1.82, 2.24) is 9.78 Å². The molecule has 0 radical (unpaired) electrons. The molecular formula is C13H15N3O3. The lowest BCUT2D eigenvalue weighted by molar-refractivity contribution is 0.101. The van der Waals surface area contributed by atoms with Gasteiger partial charge in [-0.1, -0.05) is 0 Å². The predicted octanol–water partition coefficient (Wildman–Crippen LogP) is 1.69. The first-order valence-corrected chi connectivity index (χ1v) is 5.67. The number of hydrogen-bond donors (Lipinski definition) is 1. The minimum Gasteiger partial charge on any atom is -0.497 e. The highest BCUT2D eigenvalue weighted by atomic mass is 16.5. The Kier molecular flexibility index (Phi) is 3.70.